The van der Waals surface area contributed by atoms with Crippen molar-refractivity contribution in [2.24, 2.45) is 0 Å². The summed E-state index contributed by atoms with van der Waals surface area (Å²) in [5.41, 5.74) is 2.82. The number of carboxylic acid groups (broad SMARTS) is 1. The average Bonchev–Trinajstić information content (AvgIpc) is 2.47. The molecule has 22 heavy (non-hydrogen) atoms. The van der Waals surface area contributed by atoms with Crippen LogP contribution in [-0.4, -0.2) is 75.2 Å². The maximum Gasteiger partial charge on any atom is 0.335 e. The Balaban J connectivity index is 0.00000121. The largest absolute Gasteiger partial charge is 0.478 e. The summed E-state index contributed by atoms with van der Waals surface area (Å²) in [7, 11) is 0. The van der Waals surface area contributed by atoms with Crippen LogP contribution < -0.4 is 5.56 Å². The van der Waals surface area contributed by atoms with E-state index < -0.39 is 5.97 Å². The first-order valence-electron chi connectivity index (χ1n) is 6.10. The molecule has 100 valence electrons. The van der Waals surface area contributed by atoms with Crippen molar-refractivity contribution >= 4 is 76.0 Å². The van der Waals surface area contributed by atoms with Crippen LogP contribution in [0.15, 0.2) is 59.4 Å². The van der Waals surface area contributed by atoms with E-state index in [1.54, 1.807) is 30.3 Å². The fourth-order valence-corrected chi connectivity index (χ4v) is 2.14. The predicted octanol–water partition coefficient (Wildman–Crippen LogP) is 2.13. The van der Waals surface area contributed by atoms with E-state index in [0.29, 0.717) is 0 Å². The standard InChI is InChI=1S/C16H11NO3.2Na/c18-15-8-6-13-9-12(5-7-14(13)17-15)10-1-3-11(4-2-10)16(19)20;;/h1-9H,(H,17,18)(H,19,20);;. The van der Waals surface area contributed by atoms with Gasteiger partial charge >= 0.3 is 5.97 Å². The summed E-state index contributed by atoms with van der Waals surface area (Å²) >= 11 is 0. The molecule has 2 aromatic carbocycles. The topological polar surface area (TPSA) is 70.2 Å². The van der Waals surface area contributed by atoms with E-state index in [4.69, 9.17) is 5.11 Å². The molecule has 0 unspecified atom stereocenters. The molecule has 0 aliphatic rings. The zero-order chi connectivity index (χ0) is 14.1. The van der Waals surface area contributed by atoms with Crippen LogP contribution in [-0.2, 0) is 0 Å². The Hall–Kier alpha value is -0.880. The Bertz CT molecular complexity index is 857. The second kappa shape index (κ2) is 8.11. The van der Waals surface area contributed by atoms with Crippen LogP contribution >= 0.6 is 0 Å². The molecule has 0 aliphatic heterocycles. The van der Waals surface area contributed by atoms with Gasteiger partial charge in [-0.3, -0.25) is 4.79 Å². The van der Waals surface area contributed by atoms with Gasteiger partial charge in [0.2, 0.25) is 5.56 Å². The van der Waals surface area contributed by atoms with Crippen molar-refractivity contribution in [3.8, 4) is 11.1 Å². The molecule has 3 rings (SSSR count). The molecule has 0 fully saturated rings. The van der Waals surface area contributed by atoms with E-state index in [1.807, 2.05) is 18.2 Å². The molecule has 6 heteroatoms. The Kier molecular flexibility index (Phi) is 7.06. The van der Waals surface area contributed by atoms with Gasteiger partial charge in [-0.25, -0.2) is 4.79 Å². The first-order chi connectivity index (χ1) is 9.63. The third kappa shape index (κ3) is 4.10. The minimum absolute atomic E-state index is 0. The first kappa shape index (κ1) is 19.2. The number of benzene rings is 2. The number of aromatic nitrogens is 1. The van der Waals surface area contributed by atoms with Crippen molar-refractivity contribution in [3.05, 3.63) is 70.5 Å². The Morgan fingerprint density at radius 2 is 1.50 bits per heavy atom. The number of H-pyrrole nitrogens is 1. The van der Waals surface area contributed by atoms with Crippen LogP contribution in [0.25, 0.3) is 22.0 Å². The van der Waals surface area contributed by atoms with Gasteiger partial charge in [0, 0.05) is 70.7 Å². The third-order valence-corrected chi connectivity index (χ3v) is 3.19. The Morgan fingerprint density at radius 3 is 2.14 bits per heavy atom. The van der Waals surface area contributed by atoms with Crippen molar-refractivity contribution in [3.63, 3.8) is 0 Å². The fourth-order valence-electron chi connectivity index (χ4n) is 2.14. The number of aromatic amines is 1. The van der Waals surface area contributed by atoms with Gasteiger partial charge < -0.3 is 10.1 Å². The van der Waals surface area contributed by atoms with Gasteiger partial charge in [0.1, 0.15) is 0 Å². The van der Waals surface area contributed by atoms with Gasteiger partial charge in [-0.15, -0.1) is 0 Å². The maximum atomic E-state index is 11.2. The third-order valence-electron chi connectivity index (χ3n) is 3.19. The van der Waals surface area contributed by atoms with Crippen molar-refractivity contribution in [2.45, 2.75) is 0 Å². The Morgan fingerprint density at radius 1 is 0.864 bits per heavy atom. The molecule has 1 heterocycles. The maximum absolute atomic E-state index is 11.2. The van der Waals surface area contributed by atoms with Gasteiger partial charge in [-0.2, -0.15) is 0 Å². The van der Waals surface area contributed by atoms with Crippen LogP contribution in [0.3, 0.4) is 0 Å². The first-order valence-corrected chi connectivity index (χ1v) is 6.10. The SMILES string of the molecule is O=C(O)c1ccc(-c2ccc3[nH]c(=O)ccc3c2)cc1.[Na].[Na]. The van der Waals surface area contributed by atoms with E-state index in [2.05, 4.69) is 4.98 Å². The number of nitrogens with one attached hydrogen (secondary N) is 1. The number of carboxylic acids is 1. The van der Waals surface area contributed by atoms with Crippen LogP contribution in [0.4, 0.5) is 0 Å². The number of rotatable bonds is 2. The molecule has 2 N–H and O–H groups in total. The minimum Gasteiger partial charge on any atom is -0.478 e. The molecule has 0 atom stereocenters. The quantitative estimate of drug-likeness (QED) is 0.712. The molecular formula is C16H11NNa2O3. The summed E-state index contributed by atoms with van der Waals surface area (Å²) in [6.07, 6.45) is 0. The smallest absolute Gasteiger partial charge is 0.335 e. The molecule has 0 spiro atoms. The van der Waals surface area contributed by atoms with E-state index in [-0.39, 0.29) is 70.2 Å². The molecule has 1 aromatic heterocycles. The van der Waals surface area contributed by atoms with Crippen molar-refractivity contribution in [2.75, 3.05) is 0 Å². The molecule has 0 aliphatic carbocycles. The average molecular weight is 311 g/mol. The van der Waals surface area contributed by atoms with Crippen LogP contribution in [0, 0.1) is 0 Å². The summed E-state index contributed by atoms with van der Waals surface area (Å²) in [6.45, 7) is 0. The summed E-state index contributed by atoms with van der Waals surface area (Å²) in [4.78, 5) is 24.8. The summed E-state index contributed by atoms with van der Waals surface area (Å²) in [5.74, 6) is -0.937. The van der Waals surface area contributed by atoms with E-state index in [9.17, 15) is 9.59 Å². The van der Waals surface area contributed by atoms with Crippen molar-refractivity contribution in [1.82, 2.24) is 4.98 Å². The molecule has 2 radical (unpaired) electrons. The zero-order valence-electron chi connectivity index (χ0n) is 12.5. The fraction of sp³-hybridized carbons (Fsp3) is 0. The van der Waals surface area contributed by atoms with Crippen LogP contribution in [0.5, 0.6) is 0 Å². The number of hydrogen-bond acceptors (Lipinski definition) is 2. The minimum atomic E-state index is -0.937. The van der Waals surface area contributed by atoms with Crippen LogP contribution in [0.1, 0.15) is 10.4 Å². The number of carbonyl (C=O) groups is 1. The summed E-state index contributed by atoms with van der Waals surface area (Å²) in [6, 6.07) is 15.7. The molecular weight excluding hydrogens is 300 g/mol. The normalized spacial score (nSPS) is 9.64. The van der Waals surface area contributed by atoms with Gasteiger partial charge in [-0.05, 0) is 46.8 Å². The van der Waals surface area contributed by atoms with Crippen LogP contribution in [0.2, 0.25) is 0 Å². The molecule has 0 amide bonds. The molecule has 0 saturated heterocycles. The van der Waals surface area contributed by atoms with E-state index >= 15 is 0 Å². The molecule has 0 bridgehead atoms. The number of fused-ring (bicyclic) bond motifs is 1. The second-order valence-electron chi connectivity index (χ2n) is 4.51. The second-order valence-corrected chi connectivity index (χ2v) is 4.51. The number of pyridine rings is 1. The van der Waals surface area contributed by atoms with Gasteiger partial charge in [0.25, 0.3) is 0 Å². The van der Waals surface area contributed by atoms with E-state index in [0.717, 1.165) is 22.0 Å². The van der Waals surface area contributed by atoms with Crippen molar-refractivity contribution in [1.29, 1.82) is 0 Å². The molecule has 4 nitrogen and oxygen atoms in total. The van der Waals surface area contributed by atoms with Gasteiger partial charge in [-0.1, -0.05) is 18.2 Å². The monoisotopic (exact) mass is 311 g/mol. The number of hydrogen-bond donors (Lipinski definition) is 2. The van der Waals surface area contributed by atoms with E-state index in [1.165, 1.54) is 6.07 Å². The number of aromatic carboxylic acids is 1. The molecule has 0 saturated carbocycles. The Labute approximate surface area is 171 Å². The van der Waals surface area contributed by atoms with Crippen molar-refractivity contribution < 1.29 is 9.90 Å². The van der Waals surface area contributed by atoms with Gasteiger partial charge in [0.05, 0.1) is 5.56 Å². The zero-order valence-corrected chi connectivity index (χ0v) is 16.5. The predicted molar refractivity (Wildman–Crippen MR) is 88.5 cm³/mol. The van der Waals surface area contributed by atoms with Gasteiger partial charge in [0.15, 0.2) is 0 Å². The summed E-state index contributed by atoms with van der Waals surface area (Å²) < 4.78 is 0. The summed E-state index contributed by atoms with van der Waals surface area (Å²) in [5, 5.41) is 9.81. The molecule has 3 aromatic rings.